The summed E-state index contributed by atoms with van der Waals surface area (Å²) < 4.78 is 16.2. The number of amides is 1. The van der Waals surface area contributed by atoms with E-state index in [1.807, 2.05) is 55.5 Å². The number of ether oxygens (including phenoxy) is 3. The number of carbonyl (C=O) groups is 2. The minimum absolute atomic E-state index is 0.0745. The van der Waals surface area contributed by atoms with Crippen molar-refractivity contribution in [3.8, 4) is 17.2 Å². The Morgan fingerprint density at radius 3 is 2.30 bits per heavy atom. The van der Waals surface area contributed by atoms with Gasteiger partial charge in [0.2, 0.25) is 0 Å². The lowest BCUT2D eigenvalue weighted by atomic mass is 10.1. The van der Waals surface area contributed by atoms with Crippen LogP contribution < -0.4 is 14.8 Å². The molecule has 0 aliphatic rings. The smallest absolute Gasteiger partial charge is 0.325 e. The van der Waals surface area contributed by atoms with Crippen LogP contribution in [0.2, 0.25) is 0 Å². The predicted molar refractivity (Wildman–Crippen MR) is 113 cm³/mol. The number of methoxy groups -OCH3 is 1. The summed E-state index contributed by atoms with van der Waals surface area (Å²) in [6.07, 6.45) is 0. The molecule has 6 nitrogen and oxygen atoms in total. The van der Waals surface area contributed by atoms with E-state index in [1.54, 1.807) is 31.4 Å². The summed E-state index contributed by atoms with van der Waals surface area (Å²) in [5.74, 6) is 1.07. The monoisotopic (exact) mass is 405 g/mol. The Hall–Kier alpha value is -3.80. The van der Waals surface area contributed by atoms with Gasteiger partial charge >= 0.3 is 5.97 Å². The van der Waals surface area contributed by atoms with Crippen LogP contribution in [0.4, 0.5) is 0 Å². The highest BCUT2D eigenvalue weighted by atomic mass is 16.5. The number of para-hydroxylation sites is 1. The second kappa shape index (κ2) is 10.1. The van der Waals surface area contributed by atoms with Gasteiger partial charge in [-0.1, -0.05) is 29.8 Å². The number of aryl methyl sites for hydroxylation is 1. The number of carbonyl (C=O) groups excluding carboxylic acids is 2. The fourth-order valence-corrected chi connectivity index (χ4v) is 2.78. The number of hydrogen-bond acceptors (Lipinski definition) is 5. The molecule has 0 saturated carbocycles. The summed E-state index contributed by atoms with van der Waals surface area (Å²) >= 11 is 0. The molecule has 6 heteroatoms. The van der Waals surface area contributed by atoms with Crippen LogP contribution in [0.5, 0.6) is 17.2 Å². The molecule has 3 aromatic rings. The molecule has 0 heterocycles. The Morgan fingerprint density at radius 2 is 1.60 bits per heavy atom. The van der Waals surface area contributed by atoms with Crippen molar-refractivity contribution in [3.05, 3.63) is 89.5 Å². The third-order valence-corrected chi connectivity index (χ3v) is 4.31. The predicted octanol–water partition coefficient (Wildman–Crippen LogP) is 4.27. The summed E-state index contributed by atoms with van der Waals surface area (Å²) in [6.45, 7) is 1.79. The number of esters is 1. The molecule has 0 unspecified atom stereocenters. The van der Waals surface area contributed by atoms with E-state index in [4.69, 9.17) is 14.2 Å². The first kappa shape index (κ1) is 20.9. The fraction of sp³-hybridized carbons (Fsp3) is 0.167. The quantitative estimate of drug-likeness (QED) is 0.567. The third-order valence-electron chi connectivity index (χ3n) is 4.31. The van der Waals surface area contributed by atoms with Crippen molar-refractivity contribution in [2.75, 3.05) is 13.7 Å². The average molecular weight is 405 g/mol. The van der Waals surface area contributed by atoms with E-state index in [0.717, 1.165) is 11.1 Å². The highest BCUT2D eigenvalue weighted by Crippen LogP contribution is 2.21. The van der Waals surface area contributed by atoms with E-state index in [1.165, 1.54) is 0 Å². The van der Waals surface area contributed by atoms with Crippen molar-refractivity contribution in [1.82, 2.24) is 5.32 Å². The van der Waals surface area contributed by atoms with Crippen LogP contribution in [0.25, 0.3) is 0 Å². The summed E-state index contributed by atoms with van der Waals surface area (Å²) in [5, 5.41) is 2.56. The first-order chi connectivity index (χ1) is 14.5. The third kappa shape index (κ3) is 5.85. The molecule has 1 amide bonds. The molecule has 0 atom stereocenters. The maximum absolute atomic E-state index is 12.3. The van der Waals surface area contributed by atoms with E-state index in [-0.39, 0.29) is 19.1 Å². The van der Waals surface area contributed by atoms with Gasteiger partial charge in [0.1, 0.15) is 30.4 Å². The number of hydrogen-bond donors (Lipinski definition) is 1. The van der Waals surface area contributed by atoms with Crippen LogP contribution in [0.15, 0.2) is 72.8 Å². The lowest BCUT2D eigenvalue weighted by Crippen LogP contribution is -2.30. The van der Waals surface area contributed by atoms with Crippen LogP contribution in [0, 0.1) is 6.92 Å². The zero-order chi connectivity index (χ0) is 21.3. The zero-order valence-electron chi connectivity index (χ0n) is 16.9. The lowest BCUT2D eigenvalue weighted by molar-refractivity contribution is -0.143. The SMILES string of the molecule is COc1ccc(C)cc1COC(=O)CNC(=O)c1ccc(Oc2ccccc2)cc1. The minimum atomic E-state index is -0.532. The lowest BCUT2D eigenvalue weighted by Gasteiger charge is -2.11. The fourth-order valence-electron chi connectivity index (χ4n) is 2.78. The summed E-state index contributed by atoms with van der Waals surface area (Å²) in [6, 6.07) is 21.7. The van der Waals surface area contributed by atoms with Gasteiger partial charge in [0, 0.05) is 11.1 Å². The maximum atomic E-state index is 12.3. The zero-order valence-corrected chi connectivity index (χ0v) is 16.9. The van der Waals surface area contributed by atoms with E-state index >= 15 is 0 Å². The standard InChI is InChI=1S/C24H23NO5/c1-17-8-13-22(28-2)19(14-17)16-29-23(26)15-25-24(27)18-9-11-21(12-10-18)30-20-6-4-3-5-7-20/h3-14H,15-16H2,1-2H3,(H,25,27). The number of benzene rings is 3. The van der Waals surface area contributed by atoms with Crippen molar-refractivity contribution in [2.45, 2.75) is 13.5 Å². The normalized spacial score (nSPS) is 10.2. The molecule has 0 spiro atoms. The van der Waals surface area contributed by atoms with Crippen molar-refractivity contribution in [2.24, 2.45) is 0 Å². The van der Waals surface area contributed by atoms with Crippen LogP contribution >= 0.6 is 0 Å². The van der Waals surface area contributed by atoms with Crippen LogP contribution in [0.3, 0.4) is 0 Å². The van der Waals surface area contributed by atoms with Gasteiger partial charge in [0.25, 0.3) is 5.91 Å². The summed E-state index contributed by atoms with van der Waals surface area (Å²) in [4.78, 5) is 24.3. The molecule has 1 N–H and O–H groups in total. The molecule has 0 aliphatic carbocycles. The first-order valence-electron chi connectivity index (χ1n) is 9.45. The summed E-state index contributed by atoms with van der Waals surface area (Å²) in [7, 11) is 1.56. The van der Waals surface area contributed by atoms with E-state index < -0.39 is 5.97 Å². The van der Waals surface area contributed by atoms with Gasteiger partial charge in [0.15, 0.2) is 0 Å². The highest BCUT2D eigenvalue weighted by molar-refractivity contribution is 5.96. The molecule has 0 aliphatic heterocycles. The second-order valence-corrected chi connectivity index (χ2v) is 6.60. The van der Waals surface area contributed by atoms with Crippen molar-refractivity contribution in [1.29, 1.82) is 0 Å². The number of nitrogens with one attached hydrogen (secondary N) is 1. The second-order valence-electron chi connectivity index (χ2n) is 6.60. The molecule has 0 radical (unpaired) electrons. The molecule has 0 saturated heterocycles. The molecule has 30 heavy (non-hydrogen) atoms. The molecule has 3 rings (SSSR count). The average Bonchev–Trinajstić information content (AvgIpc) is 2.77. The molecule has 0 aromatic heterocycles. The van der Waals surface area contributed by atoms with Crippen LogP contribution in [-0.4, -0.2) is 25.5 Å². The Labute approximate surface area is 175 Å². The van der Waals surface area contributed by atoms with Gasteiger partial charge in [-0.25, -0.2) is 0 Å². The molecular formula is C24H23NO5. The largest absolute Gasteiger partial charge is 0.496 e. The molecule has 3 aromatic carbocycles. The Kier molecular flexibility index (Phi) is 7.05. The van der Waals surface area contributed by atoms with Crippen molar-refractivity contribution >= 4 is 11.9 Å². The van der Waals surface area contributed by atoms with Crippen molar-refractivity contribution in [3.63, 3.8) is 0 Å². The highest BCUT2D eigenvalue weighted by Gasteiger charge is 2.11. The van der Waals surface area contributed by atoms with E-state index in [2.05, 4.69) is 5.32 Å². The maximum Gasteiger partial charge on any atom is 0.325 e. The molecular weight excluding hydrogens is 382 g/mol. The van der Waals surface area contributed by atoms with Crippen LogP contribution in [-0.2, 0) is 16.1 Å². The van der Waals surface area contributed by atoms with Crippen LogP contribution in [0.1, 0.15) is 21.5 Å². The Bertz CT molecular complexity index is 1000. The van der Waals surface area contributed by atoms with E-state index in [9.17, 15) is 9.59 Å². The van der Waals surface area contributed by atoms with Gasteiger partial charge in [-0.3, -0.25) is 9.59 Å². The molecule has 154 valence electrons. The topological polar surface area (TPSA) is 73.9 Å². The summed E-state index contributed by atoms with van der Waals surface area (Å²) in [5.41, 5.74) is 2.23. The first-order valence-corrected chi connectivity index (χ1v) is 9.45. The molecule has 0 bridgehead atoms. The van der Waals surface area contributed by atoms with Crippen molar-refractivity contribution < 1.29 is 23.8 Å². The number of rotatable bonds is 8. The van der Waals surface area contributed by atoms with Gasteiger partial charge in [-0.05, 0) is 55.5 Å². The minimum Gasteiger partial charge on any atom is -0.496 e. The van der Waals surface area contributed by atoms with Gasteiger partial charge < -0.3 is 19.5 Å². The van der Waals surface area contributed by atoms with Gasteiger partial charge in [-0.15, -0.1) is 0 Å². The van der Waals surface area contributed by atoms with Gasteiger partial charge in [-0.2, -0.15) is 0 Å². The van der Waals surface area contributed by atoms with Gasteiger partial charge in [0.05, 0.1) is 7.11 Å². The Morgan fingerprint density at radius 1 is 0.900 bits per heavy atom. The van der Waals surface area contributed by atoms with E-state index in [0.29, 0.717) is 22.8 Å². The molecule has 0 fully saturated rings. The Balaban J connectivity index is 1.48.